The Morgan fingerprint density at radius 3 is 2.76 bits per heavy atom. The van der Waals surface area contributed by atoms with Gasteiger partial charge in [0.1, 0.15) is 0 Å². The van der Waals surface area contributed by atoms with Gasteiger partial charge in [-0.1, -0.05) is 12.1 Å². The van der Waals surface area contributed by atoms with Crippen molar-refractivity contribution in [3.63, 3.8) is 0 Å². The quantitative estimate of drug-likeness (QED) is 0.473. The molecule has 2 aromatic heterocycles. The maximum absolute atomic E-state index is 12.9. The number of fused-ring (bicyclic) bond motifs is 1. The number of alkyl halides is 3. The van der Waals surface area contributed by atoms with Gasteiger partial charge in [-0.05, 0) is 31.9 Å². The number of aromatic nitrogens is 3. The van der Waals surface area contributed by atoms with E-state index >= 15 is 0 Å². The molecule has 152 valence electrons. The Morgan fingerprint density at radius 1 is 1.28 bits per heavy atom. The molecule has 1 unspecified atom stereocenters. The molecule has 1 fully saturated rings. The van der Waals surface area contributed by atoms with Crippen LogP contribution >= 0.6 is 0 Å². The van der Waals surface area contributed by atoms with Crippen molar-refractivity contribution in [1.29, 1.82) is 0 Å². The summed E-state index contributed by atoms with van der Waals surface area (Å²) in [7, 11) is 0. The lowest BCUT2D eigenvalue weighted by molar-refractivity contribution is -0.383. The van der Waals surface area contributed by atoms with Crippen LogP contribution in [0.15, 0.2) is 36.5 Å². The number of para-hydroxylation sites is 1. The topological polar surface area (TPSA) is 77.1 Å². The molecule has 0 aliphatic carbocycles. The third kappa shape index (κ3) is 3.62. The number of hydrogen-bond acceptors (Lipinski definition) is 5. The van der Waals surface area contributed by atoms with E-state index in [1.807, 2.05) is 11.0 Å². The number of halogens is 3. The predicted molar refractivity (Wildman–Crippen MR) is 101 cm³/mol. The fourth-order valence-corrected chi connectivity index (χ4v) is 3.83. The Hall–Kier alpha value is -3.17. The molecule has 0 bridgehead atoms. The zero-order chi connectivity index (χ0) is 20.8. The van der Waals surface area contributed by atoms with Crippen molar-refractivity contribution in [3.05, 3.63) is 58.0 Å². The van der Waals surface area contributed by atoms with Crippen molar-refractivity contribution in [2.75, 3.05) is 18.0 Å². The van der Waals surface area contributed by atoms with Crippen LogP contribution in [-0.4, -0.2) is 32.8 Å². The van der Waals surface area contributed by atoms with E-state index in [9.17, 15) is 23.3 Å². The Bertz CT molecular complexity index is 1080. The van der Waals surface area contributed by atoms with Crippen molar-refractivity contribution in [2.45, 2.75) is 32.0 Å². The molecule has 3 aromatic rings. The van der Waals surface area contributed by atoms with Crippen LogP contribution in [-0.2, 0) is 6.18 Å². The summed E-state index contributed by atoms with van der Waals surface area (Å²) < 4.78 is 40.0. The SMILES string of the molecule is Cc1cc(N2CCCC(n3ccc(C(F)(F)F)n3)C2)c2cccc([N+](=O)[O-])c2n1. The van der Waals surface area contributed by atoms with E-state index in [0.29, 0.717) is 36.1 Å². The highest BCUT2D eigenvalue weighted by atomic mass is 19.4. The number of benzene rings is 1. The van der Waals surface area contributed by atoms with Gasteiger partial charge in [0.25, 0.3) is 5.69 Å². The second kappa shape index (κ2) is 7.02. The average Bonchev–Trinajstić information content (AvgIpc) is 3.17. The zero-order valence-electron chi connectivity index (χ0n) is 15.6. The van der Waals surface area contributed by atoms with Crippen LogP contribution in [0.4, 0.5) is 24.5 Å². The molecule has 0 radical (unpaired) electrons. The molecule has 1 saturated heterocycles. The van der Waals surface area contributed by atoms with Crippen molar-refractivity contribution in [3.8, 4) is 0 Å². The van der Waals surface area contributed by atoms with Crippen LogP contribution in [0.1, 0.15) is 30.3 Å². The Morgan fingerprint density at radius 2 is 2.07 bits per heavy atom. The Kier molecular flexibility index (Phi) is 4.64. The van der Waals surface area contributed by atoms with Gasteiger partial charge in [-0.2, -0.15) is 18.3 Å². The molecule has 0 spiro atoms. The van der Waals surface area contributed by atoms with Gasteiger partial charge < -0.3 is 4.90 Å². The molecule has 0 saturated carbocycles. The number of rotatable bonds is 3. The van der Waals surface area contributed by atoms with Gasteiger partial charge in [-0.3, -0.25) is 14.8 Å². The lowest BCUT2D eigenvalue weighted by atomic mass is 10.0. The number of pyridine rings is 1. The number of nitro groups is 1. The lowest BCUT2D eigenvalue weighted by Gasteiger charge is -2.35. The third-order valence-corrected chi connectivity index (χ3v) is 5.13. The lowest BCUT2D eigenvalue weighted by Crippen LogP contribution is -2.37. The van der Waals surface area contributed by atoms with Crippen molar-refractivity contribution < 1.29 is 18.1 Å². The summed E-state index contributed by atoms with van der Waals surface area (Å²) in [4.78, 5) is 17.3. The van der Waals surface area contributed by atoms with Gasteiger partial charge in [0.2, 0.25) is 0 Å². The highest BCUT2D eigenvalue weighted by molar-refractivity contribution is 5.97. The van der Waals surface area contributed by atoms with Crippen molar-refractivity contribution in [2.24, 2.45) is 0 Å². The van der Waals surface area contributed by atoms with Gasteiger partial charge in [0.05, 0.1) is 11.0 Å². The monoisotopic (exact) mass is 405 g/mol. The van der Waals surface area contributed by atoms with Gasteiger partial charge >= 0.3 is 6.18 Å². The molecular formula is C19H18F3N5O2. The molecule has 29 heavy (non-hydrogen) atoms. The van der Waals surface area contributed by atoms with Crippen molar-refractivity contribution in [1.82, 2.24) is 14.8 Å². The van der Waals surface area contributed by atoms with Crippen LogP contribution in [0.2, 0.25) is 0 Å². The summed E-state index contributed by atoms with van der Waals surface area (Å²) >= 11 is 0. The molecule has 3 heterocycles. The van der Waals surface area contributed by atoms with Gasteiger partial charge in [0.15, 0.2) is 11.2 Å². The molecular weight excluding hydrogens is 387 g/mol. The first-order valence-electron chi connectivity index (χ1n) is 9.16. The van der Waals surface area contributed by atoms with E-state index in [4.69, 9.17) is 0 Å². The normalized spacial score (nSPS) is 17.7. The van der Waals surface area contributed by atoms with E-state index in [0.717, 1.165) is 18.2 Å². The third-order valence-electron chi connectivity index (χ3n) is 5.13. The number of hydrogen-bond donors (Lipinski definition) is 0. The molecule has 1 atom stereocenters. The summed E-state index contributed by atoms with van der Waals surface area (Å²) in [6.45, 7) is 2.93. The fourth-order valence-electron chi connectivity index (χ4n) is 3.83. The maximum atomic E-state index is 12.9. The second-order valence-electron chi connectivity index (χ2n) is 7.13. The van der Waals surface area contributed by atoms with E-state index in [1.54, 1.807) is 19.1 Å². The zero-order valence-corrected chi connectivity index (χ0v) is 15.6. The Labute approximate surface area is 163 Å². The van der Waals surface area contributed by atoms with Crippen LogP contribution in [0.3, 0.4) is 0 Å². The minimum Gasteiger partial charge on any atom is -0.369 e. The minimum atomic E-state index is -4.48. The number of non-ortho nitro benzene ring substituents is 1. The van der Waals surface area contributed by atoms with E-state index in [1.165, 1.54) is 16.9 Å². The first-order valence-corrected chi connectivity index (χ1v) is 9.16. The smallest absolute Gasteiger partial charge is 0.369 e. The number of nitrogens with zero attached hydrogens (tertiary/aromatic N) is 5. The second-order valence-corrected chi connectivity index (χ2v) is 7.13. The predicted octanol–water partition coefficient (Wildman–Crippen LogP) is 4.51. The molecule has 0 N–H and O–H groups in total. The molecule has 1 aliphatic rings. The van der Waals surface area contributed by atoms with E-state index < -0.39 is 16.8 Å². The van der Waals surface area contributed by atoms with Crippen LogP contribution in [0, 0.1) is 17.0 Å². The average molecular weight is 405 g/mol. The van der Waals surface area contributed by atoms with Gasteiger partial charge in [-0.15, -0.1) is 0 Å². The maximum Gasteiger partial charge on any atom is 0.435 e. The van der Waals surface area contributed by atoms with Gasteiger partial charge in [0, 0.05) is 42.1 Å². The Balaban J connectivity index is 1.70. The summed E-state index contributed by atoms with van der Waals surface area (Å²) in [5, 5.41) is 15.8. The number of anilines is 1. The van der Waals surface area contributed by atoms with Crippen LogP contribution in [0.25, 0.3) is 10.9 Å². The largest absolute Gasteiger partial charge is 0.435 e. The molecule has 7 nitrogen and oxygen atoms in total. The summed E-state index contributed by atoms with van der Waals surface area (Å²) in [5.41, 5.74) is 0.776. The van der Waals surface area contributed by atoms with E-state index in [2.05, 4.69) is 10.1 Å². The molecule has 1 aromatic carbocycles. The highest BCUT2D eigenvalue weighted by Gasteiger charge is 2.34. The molecule has 4 rings (SSSR count). The highest BCUT2D eigenvalue weighted by Crippen LogP contribution is 2.35. The van der Waals surface area contributed by atoms with Gasteiger partial charge in [-0.25, -0.2) is 4.98 Å². The number of nitro benzene ring substituents is 1. The molecule has 0 amide bonds. The number of piperidine rings is 1. The minimum absolute atomic E-state index is 0.0668. The van der Waals surface area contributed by atoms with E-state index in [-0.39, 0.29) is 11.7 Å². The summed E-state index contributed by atoms with van der Waals surface area (Å²) in [6, 6.07) is 7.43. The standard InChI is InChI=1S/C19H18F3N5O2/c1-12-10-16(14-5-2-6-15(27(28)29)18(14)23-12)25-8-3-4-13(11-25)26-9-7-17(24-26)19(20,21)22/h2,5-7,9-10,13H,3-4,8,11H2,1H3. The molecule has 10 heteroatoms. The number of aryl methyl sites for hydroxylation is 1. The first-order chi connectivity index (χ1) is 13.7. The fraction of sp³-hybridized carbons (Fsp3) is 0.368. The van der Waals surface area contributed by atoms with Crippen molar-refractivity contribution >= 4 is 22.3 Å². The summed E-state index contributed by atoms with van der Waals surface area (Å²) in [5.74, 6) is 0. The first kappa shape index (κ1) is 19.2. The van der Waals surface area contributed by atoms with Crippen LogP contribution in [0.5, 0.6) is 0 Å². The van der Waals surface area contributed by atoms with Crippen LogP contribution < -0.4 is 4.90 Å². The summed E-state index contributed by atoms with van der Waals surface area (Å²) in [6.07, 6.45) is -1.64. The molecule has 1 aliphatic heterocycles.